The number of hydrogen-bond donors (Lipinski definition) is 4. The van der Waals surface area contributed by atoms with Crippen LogP contribution in [0, 0.1) is 18.3 Å². The predicted octanol–water partition coefficient (Wildman–Crippen LogP) is 0.644. The van der Waals surface area contributed by atoms with E-state index in [1.54, 1.807) is 31.2 Å². The summed E-state index contributed by atoms with van der Waals surface area (Å²) in [7, 11) is 1.48. The van der Waals surface area contributed by atoms with Gasteiger partial charge in [-0.15, -0.1) is 0 Å². The first kappa shape index (κ1) is 23.4. The summed E-state index contributed by atoms with van der Waals surface area (Å²) >= 11 is 0. The van der Waals surface area contributed by atoms with Gasteiger partial charge >= 0.3 is 0 Å². The van der Waals surface area contributed by atoms with Gasteiger partial charge in [-0.3, -0.25) is 14.4 Å². The lowest BCUT2D eigenvalue weighted by Gasteiger charge is -2.13. The number of ether oxygens (including phenoxy) is 1. The normalized spacial score (nSPS) is 10.0. The Morgan fingerprint density at radius 3 is 2.35 bits per heavy atom. The van der Waals surface area contributed by atoms with Crippen LogP contribution in [0.3, 0.4) is 0 Å². The van der Waals surface area contributed by atoms with Crippen molar-refractivity contribution in [2.75, 3.05) is 26.8 Å². The third-order valence-corrected chi connectivity index (χ3v) is 4.27. The molecule has 3 amide bonds. The van der Waals surface area contributed by atoms with Crippen molar-refractivity contribution in [3.63, 3.8) is 0 Å². The molecule has 0 saturated carbocycles. The van der Waals surface area contributed by atoms with Gasteiger partial charge in [0.2, 0.25) is 0 Å². The highest BCUT2D eigenvalue weighted by atomic mass is 16.5. The van der Waals surface area contributed by atoms with Crippen LogP contribution in [-0.2, 0) is 11.3 Å². The molecule has 9 heteroatoms. The average Bonchev–Trinajstić information content (AvgIpc) is 2.78. The number of benzene rings is 2. The van der Waals surface area contributed by atoms with E-state index in [4.69, 9.17) is 15.1 Å². The third-order valence-electron chi connectivity index (χ3n) is 4.27. The van der Waals surface area contributed by atoms with Crippen LogP contribution in [0.4, 0.5) is 0 Å². The number of aliphatic hydroxyl groups is 1. The van der Waals surface area contributed by atoms with E-state index in [0.29, 0.717) is 28.0 Å². The maximum atomic E-state index is 12.7. The van der Waals surface area contributed by atoms with E-state index in [9.17, 15) is 14.4 Å². The number of nitrogens with one attached hydrogen (secondary N) is 3. The molecule has 162 valence electrons. The Morgan fingerprint density at radius 1 is 1.06 bits per heavy atom. The van der Waals surface area contributed by atoms with Crippen LogP contribution in [0.1, 0.15) is 37.4 Å². The van der Waals surface area contributed by atoms with E-state index in [1.165, 1.54) is 19.2 Å². The van der Waals surface area contributed by atoms with Crippen LogP contribution in [0.25, 0.3) is 0 Å². The second-order valence-corrected chi connectivity index (χ2v) is 6.65. The van der Waals surface area contributed by atoms with Gasteiger partial charge in [0.1, 0.15) is 5.75 Å². The molecule has 0 saturated heterocycles. The van der Waals surface area contributed by atoms with Crippen molar-refractivity contribution >= 4 is 17.7 Å². The fraction of sp³-hybridized carbons (Fsp3) is 0.273. The Morgan fingerprint density at radius 2 is 1.74 bits per heavy atom. The van der Waals surface area contributed by atoms with Gasteiger partial charge in [-0.25, -0.2) is 0 Å². The van der Waals surface area contributed by atoms with E-state index < -0.39 is 5.91 Å². The molecular weight excluding hydrogens is 400 g/mol. The second-order valence-electron chi connectivity index (χ2n) is 6.65. The Kier molecular flexibility index (Phi) is 8.54. The van der Waals surface area contributed by atoms with Crippen molar-refractivity contribution in [3.05, 3.63) is 64.2 Å². The molecule has 0 fully saturated rings. The average molecular weight is 424 g/mol. The molecule has 0 heterocycles. The number of likely N-dealkylation sites (N-methyl/N-ethyl adjacent to an activating group) is 1. The maximum Gasteiger partial charge on any atom is 0.257 e. The van der Waals surface area contributed by atoms with Gasteiger partial charge in [-0.2, -0.15) is 5.26 Å². The molecule has 9 nitrogen and oxygen atoms in total. The second kappa shape index (κ2) is 11.3. The highest BCUT2D eigenvalue weighted by Crippen LogP contribution is 2.21. The maximum absolute atomic E-state index is 12.7. The first-order chi connectivity index (χ1) is 14.9. The van der Waals surface area contributed by atoms with E-state index in [0.717, 1.165) is 5.56 Å². The molecule has 0 aliphatic rings. The summed E-state index contributed by atoms with van der Waals surface area (Å²) in [6.07, 6.45) is 0. The molecule has 31 heavy (non-hydrogen) atoms. The van der Waals surface area contributed by atoms with E-state index >= 15 is 0 Å². The summed E-state index contributed by atoms with van der Waals surface area (Å²) in [4.78, 5) is 36.3. The highest BCUT2D eigenvalue weighted by Gasteiger charge is 2.14. The Bertz CT molecular complexity index is 1010. The third kappa shape index (κ3) is 6.83. The summed E-state index contributed by atoms with van der Waals surface area (Å²) in [6, 6.07) is 11.5. The smallest absolute Gasteiger partial charge is 0.257 e. The lowest BCUT2D eigenvalue weighted by molar-refractivity contribution is -0.122. The Labute approximate surface area is 180 Å². The van der Waals surface area contributed by atoms with E-state index in [2.05, 4.69) is 16.0 Å². The Balaban J connectivity index is 2.15. The number of amides is 3. The highest BCUT2D eigenvalue weighted by molar-refractivity contribution is 6.00. The lowest BCUT2D eigenvalue weighted by atomic mass is 10.0. The molecule has 0 atom stereocenters. The van der Waals surface area contributed by atoms with E-state index in [1.807, 2.05) is 6.07 Å². The van der Waals surface area contributed by atoms with Gasteiger partial charge in [-0.1, -0.05) is 6.07 Å². The molecule has 0 bridgehead atoms. The van der Waals surface area contributed by atoms with Crippen molar-refractivity contribution in [2.45, 2.75) is 13.5 Å². The quantitative estimate of drug-likeness (QED) is 0.466. The van der Waals surface area contributed by atoms with Gasteiger partial charge in [0.15, 0.2) is 6.61 Å². The van der Waals surface area contributed by atoms with Gasteiger partial charge in [0, 0.05) is 36.8 Å². The summed E-state index contributed by atoms with van der Waals surface area (Å²) < 4.78 is 5.49. The van der Waals surface area contributed by atoms with Gasteiger partial charge in [-0.05, 0) is 42.8 Å². The van der Waals surface area contributed by atoms with Gasteiger partial charge < -0.3 is 25.8 Å². The Hall–Kier alpha value is -3.90. The lowest BCUT2D eigenvalue weighted by Crippen LogP contribution is -2.28. The van der Waals surface area contributed by atoms with Crippen molar-refractivity contribution < 1.29 is 24.2 Å². The van der Waals surface area contributed by atoms with Crippen molar-refractivity contribution in [1.82, 2.24) is 16.0 Å². The molecule has 0 unspecified atom stereocenters. The molecule has 2 rings (SSSR count). The fourth-order valence-corrected chi connectivity index (χ4v) is 2.71. The topological polar surface area (TPSA) is 141 Å². The number of hydrogen-bond acceptors (Lipinski definition) is 6. The summed E-state index contributed by atoms with van der Waals surface area (Å²) in [6.45, 7) is 1.57. The zero-order valence-electron chi connectivity index (χ0n) is 17.3. The molecule has 4 N–H and O–H groups in total. The standard InChI is InChI=1S/C22H24N4O5/c1-14-7-17(21(29)25-5-6-27)10-18(8-14)22(30)26-12-16-4-3-15(11-23)9-19(16)31-13-20(28)24-2/h3-4,7-10,27H,5-6,12-13H2,1-2H3,(H,24,28)(H,25,29)(H,26,30). The van der Waals surface area contributed by atoms with Crippen molar-refractivity contribution in [2.24, 2.45) is 0 Å². The minimum atomic E-state index is -0.401. The van der Waals surface area contributed by atoms with Crippen LogP contribution >= 0.6 is 0 Å². The number of aliphatic hydroxyl groups excluding tert-OH is 1. The van der Waals surface area contributed by atoms with Crippen LogP contribution in [0.2, 0.25) is 0 Å². The predicted molar refractivity (Wildman–Crippen MR) is 112 cm³/mol. The molecule has 0 spiro atoms. The van der Waals surface area contributed by atoms with Crippen LogP contribution in [0.15, 0.2) is 36.4 Å². The van der Waals surface area contributed by atoms with Gasteiger partial charge in [0.05, 0.1) is 18.2 Å². The zero-order chi connectivity index (χ0) is 22.8. The molecule has 0 aliphatic carbocycles. The molecule has 2 aromatic rings. The number of carbonyl (C=O) groups is 3. The summed E-state index contributed by atoms with van der Waals surface area (Å²) in [5, 5.41) is 25.7. The SMILES string of the molecule is CNC(=O)COc1cc(C#N)ccc1CNC(=O)c1cc(C)cc(C(=O)NCCO)c1. The zero-order valence-corrected chi connectivity index (χ0v) is 17.3. The largest absolute Gasteiger partial charge is 0.483 e. The van der Waals surface area contributed by atoms with Crippen LogP contribution in [-0.4, -0.2) is 49.6 Å². The molecule has 2 aromatic carbocycles. The molecule has 0 radical (unpaired) electrons. The van der Waals surface area contributed by atoms with E-state index in [-0.39, 0.29) is 38.1 Å². The first-order valence-corrected chi connectivity index (χ1v) is 9.53. The monoisotopic (exact) mass is 424 g/mol. The number of rotatable bonds is 9. The molecule has 0 aromatic heterocycles. The number of nitrogens with zero attached hydrogens (tertiary/aromatic N) is 1. The van der Waals surface area contributed by atoms with Crippen LogP contribution in [0.5, 0.6) is 5.75 Å². The number of carbonyl (C=O) groups excluding carboxylic acids is 3. The number of nitriles is 1. The van der Waals surface area contributed by atoms with Crippen molar-refractivity contribution in [3.8, 4) is 11.8 Å². The van der Waals surface area contributed by atoms with Crippen LogP contribution < -0.4 is 20.7 Å². The number of aryl methyl sites for hydroxylation is 1. The fourth-order valence-electron chi connectivity index (χ4n) is 2.71. The van der Waals surface area contributed by atoms with Gasteiger partial charge in [0.25, 0.3) is 17.7 Å². The minimum Gasteiger partial charge on any atom is -0.483 e. The molecule has 0 aliphatic heterocycles. The summed E-state index contributed by atoms with van der Waals surface area (Å²) in [5.41, 5.74) is 2.29. The summed E-state index contributed by atoms with van der Waals surface area (Å²) in [5.74, 6) is -0.800. The molecular formula is C22H24N4O5. The minimum absolute atomic E-state index is 0.0909. The first-order valence-electron chi connectivity index (χ1n) is 9.53. The van der Waals surface area contributed by atoms with Crippen molar-refractivity contribution in [1.29, 1.82) is 5.26 Å².